The minimum Gasteiger partial charge on any atom is -0.366 e. The number of hydrogen-bond acceptors (Lipinski definition) is 6. The van der Waals surface area contributed by atoms with Crippen molar-refractivity contribution in [1.82, 2.24) is 19.7 Å². The first-order chi connectivity index (χ1) is 12.4. The Hall–Kier alpha value is -2.94. The molecule has 3 rings (SSSR count). The lowest BCUT2D eigenvalue weighted by Gasteiger charge is -2.10. The lowest BCUT2D eigenvalue weighted by Crippen LogP contribution is -2.14. The van der Waals surface area contributed by atoms with Crippen molar-refractivity contribution < 1.29 is 8.42 Å². The van der Waals surface area contributed by atoms with Gasteiger partial charge in [0.2, 0.25) is 0 Å². The van der Waals surface area contributed by atoms with Crippen LogP contribution < -0.4 is 10.0 Å². The first kappa shape index (κ1) is 17.9. The summed E-state index contributed by atoms with van der Waals surface area (Å²) in [4.78, 5) is 8.14. The van der Waals surface area contributed by atoms with Crippen LogP contribution in [-0.2, 0) is 23.6 Å². The lowest BCUT2D eigenvalue weighted by atomic mass is 10.2. The van der Waals surface area contributed by atoms with Gasteiger partial charge in [0.1, 0.15) is 12.1 Å². The maximum Gasteiger partial charge on any atom is 0.262 e. The summed E-state index contributed by atoms with van der Waals surface area (Å²) < 4.78 is 29.5. The predicted molar refractivity (Wildman–Crippen MR) is 99.3 cm³/mol. The maximum atomic E-state index is 12.6. The molecular formula is C17H20N6O2S. The summed E-state index contributed by atoms with van der Waals surface area (Å²) in [5, 5.41) is 7.38. The summed E-state index contributed by atoms with van der Waals surface area (Å²) in [6.45, 7) is 4.12. The van der Waals surface area contributed by atoms with E-state index >= 15 is 0 Å². The van der Waals surface area contributed by atoms with E-state index in [0.717, 1.165) is 11.3 Å². The quantitative estimate of drug-likeness (QED) is 0.688. The van der Waals surface area contributed by atoms with Crippen LogP contribution in [0.2, 0.25) is 0 Å². The molecule has 3 aromatic rings. The molecule has 8 nitrogen and oxygen atoms in total. The van der Waals surface area contributed by atoms with Crippen molar-refractivity contribution in [2.24, 2.45) is 7.05 Å². The molecule has 0 unspecified atom stereocenters. The Morgan fingerprint density at radius 2 is 1.85 bits per heavy atom. The minimum absolute atomic E-state index is 0.200. The van der Waals surface area contributed by atoms with Gasteiger partial charge in [-0.2, -0.15) is 5.10 Å². The molecule has 0 spiro atoms. The molecule has 0 amide bonds. The number of nitrogens with zero attached hydrogens (tertiary/aromatic N) is 4. The Kier molecular flexibility index (Phi) is 4.90. The molecule has 0 atom stereocenters. The lowest BCUT2D eigenvalue weighted by molar-refractivity contribution is 0.601. The summed E-state index contributed by atoms with van der Waals surface area (Å²) in [5.41, 5.74) is 2.86. The van der Waals surface area contributed by atoms with E-state index in [1.54, 1.807) is 55.2 Å². The zero-order valence-corrected chi connectivity index (χ0v) is 15.6. The number of benzene rings is 1. The van der Waals surface area contributed by atoms with Gasteiger partial charge in [0.25, 0.3) is 10.0 Å². The summed E-state index contributed by atoms with van der Waals surface area (Å²) in [5.74, 6) is 0.709. The molecule has 0 fully saturated rings. The van der Waals surface area contributed by atoms with Crippen LogP contribution in [0.4, 0.5) is 11.5 Å². The molecule has 2 heterocycles. The van der Waals surface area contributed by atoms with Crippen molar-refractivity contribution >= 4 is 21.5 Å². The first-order valence-electron chi connectivity index (χ1n) is 7.98. The Morgan fingerprint density at radius 1 is 1.12 bits per heavy atom. The Bertz CT molecular complexity index is 998. The third kappa shape index (κ3) is 3.83. The highest BCUT2D eigenvalue weighted by Gasteiger charge is 2.19. The SMILES string of the molecule is Cc1nn(C)c(C)c1NS(=O)(=O)c1ccc(CNc2ccncn2)cc1. The van der Waals surface area contributed by atoms with Crippen molar-refractivity contribution in [3.8, 4) is 0 Å². The largest absolute Gasteiger partial charge is 0.366 e. The van der Waals surface area contributed by atoms with Crippen LogP contribution in [-0.4, -0.2) is 28.2 Å². The van der Waals surface area contributed by atoms with Crippen molar-refractivity contribution in [3.05, 3.63) is 59.8 Å². The van der Waals surface area contributed by atoms with Crippen LogP contribution in [0.3, 0.4) is 0 Å². The first-order valence-corrected chi connectivity index (χ1v) is 9.47. The Labute approximate surface area is 152 Å². The van der Waals surface area contributed by atoms with Gasteiger partial charge in [0.05, 0.1) is 22.0 Å². The summed E-state index contributed by atoms with van der Waals surface area (Å²) >= 11 is 0. The second-order valence-electron chi connectivity index (χ2n) is 5.87. The molecule has 0 aliphatic rings. The van der Waals surface area contributed by atoms with Crippen LogP contribution in [0.5, 0.6) is 0 Å². The fraction of sp³-hybridized carbons (Fsp3) is 0.235. The van der Waals surface area contributed by atoms with Crippen molar-refractivity contribution in [1.29, 1.82) is 0 Å². The maximum absolute atomic E-state index is 12.6. The predicted octanol–water partition coefficient (Wildman–Crippen LogP) is 2.24. The standard InChI is InChI=1S/C17H20N6O2S/c1-12-17(13(2)23(3)21-12)22-26(24,25)15-6-4-14(5-7-15)10-19-16-8-9-18-11-20-16/h4-9,11,22H,10H2,1-3H3,(H,18,19,20). The molecule has 2 aromatic heterocycles. The third-order valence-corrected chi connectivity index (χ3v) is 5.40. The van der Waals surface area contributed by atoms with Crippen molar-refractivity contribution in [2.75, 3.05) is 10.0 Å². The second kappa shape index (κ2) is 7.12. The van der Waals surface area contributed by atoms with E-state index in [2.05, 4.69) is 25.1 Å². The van der Waals surface area contributed by atoms with Crippen LogP contribution in [0.25, 0.3) is 0 Å². The van der Waals surface area contributed by atoms with Gasteiger partial charge in [0.15, 0.2) is 0 Å². The smallest absolute Gasteiger partial charge is 0.262 e. The number of aryl methyl sites for hydroxylation is 2. The number of hydrogen-bond donors (Lipinski definition) is 2. The van der Waals surface area contributed by atoms with Crippen molar-refractivity contribution in [2.45, 2.75) is 25.3 Å². The van der Waals surface area contributed by atoms with Gasteiger partial charge < -0.3 is 5.32 Å². The molecule has 0 aliphatic carbocycles. The Morgan fingerprint density at radius 3 is 2.42 bits per heavy atom. The average molecular weight is 372 g/mol. The van der Waals surface area contributed by atoms with E-state index in [1.165, 1.54) is 6.33 Å². The van der Waals surface area contributed by atoms with Crippen LogP contribution in [0.15, 0.2) is 47.8 Å². The molecular weight excluding hydrogens is 352 g/mol. The van der Waals surface area contributed by atoms with E-state index in [-0.39, 0.29) is 4.90 Å². The molecule has 136 valence electrons. The number of aromatic nitrogens is 4. The van der Waals surface area contributed by atoms with Gasteiger partial charge in [-0.3, -0.25) is 9.40 Å². The molecule has 2 N–H and O–H groups in total. The van der Waals surface area contributed by atoms with Crippen molar-refractivity contribution in [3.63, 3.8) is 0 Å². The van der Waals surface area contributed by atoms with E-state index < -0.39 is 10.0 Å². The van der Waals surface area contributed by atoms with Crippen LogP contribution in [0.1, 0.15) is 17.0 Å². The molecule has 0 saturated heterocycles. The molecule has 0 aliphatic heterocycles. The second-order valence-corrected chi connectivity index (χ2v) is 7.55. The van der Waals surface area contributed by atoms with E-state index in [1.807, 2.05) is 6.92 Å². The van der Waals surface area contributed by atoms with Gasteiger partial charge in [-0.05, 0) is 37.6 Å². The highest BCUT2D eigenvalue weighted by molar-refractivity contribution is 7.92. The molecule has 0 radical (unpaired) electrons. The fourth-order valence-corrected chi connectivity index (χ4v) is 3.67. The number of sulfonamides is 1. The monoisotopic (exact) mass is 372 g/mol. The van der Waals surface area contributed by atoms with Gasteiger partial charge in [-0.15, -0.1) is 0 Å². The average Bonchev–Trinajstić information content (AvgIpc) is 2.87. The summed E-state index contributed by atoms with van der Waals surface area (Å²) in [6, 6.07) is 8.47. The van der Waals surface area contributed by atoms with E-state index in [4.69, 9.17) is 0 Å². The molecule has 0 bridgehead atoms. The van der Waals surface area contributed by atoms with E-state index in [0.29, 0.717) is 23.7 Å². The van der Waals surface area contributed by atoms with Gasteiger partial charge >= 0.3 is 0 Å². The molecule has 1 aromatic carbocycles. The zero-order chi connectivity index (χ0) is 18.7. The summed E-state index contributed by atoms with van der Waals surface area (Å²) in [6.07, 6.45) is 3.12. The van der Waals surface area contributed by atoms with E-state index in [9.17, 15) is 8.42 Å². The summed E-state index contributed by atoms with van der Waals surface area (Å²) in [7, 11) is -1.90. The van der Waals surface area contributed by atoms with Crippen LogP contribution >= 0.6 is 0 Å². The third-order valence-electron chi connectivity index (χ3n) is 4.03. The molecule has 9 heteroatoms. The highest BCUT2D eigenvalue weighted by Crippen LogP contribution is 2.23. The zero-order valence-electron chi connectivity index (χ0n) is 14.8. The normalized spacial score (nSPS) is 11.3. The molecule has 0 saturated carbocycles. The number of nitrogens with one attached hydrogen (secondary N) is 2. The topological polar surface area (TPSA) is 102 Å². The highest BCUT2D eigenvalue weighted by atomic mass is 32.2. The van der Waals surface area contributed by atoms with Gasteiger partial charge in [-0.25, -0.2) is 18.4 Å². The molecule has 26 heavy (non-hydrogen) atoms. The fourth-order valence-electron chi connectivity index (χ4n) is 2.49. The number of anilines is 2. The van der Waals surface area contributed by atoms with Gasteiger partial charge in [-0.1, -0.05) is 12.1 Å². The number of rotatable bonds is 6. The van der Waals surface area contributed by atoms with Gasteiger partial charge in [0, 0.05) is 19.8 Å². The van der Waals surface area contributed by atoms with Crippen LogP contribution in [0, 0.1) is 13.8 Å². The minimum atomic E-state index is -3.67. The Balaban J connectivity index is 1.72.